The van der Waals surface area contributed by atoms with Crippen LogP contribution in [-0.4, -0.2) is 51.0 Å². The summed E-state index contributed by atoms with van der Waals surface area (Å²) in [6.07, 6.45) is 1.86. The lowest BCUT2D eigenvalue weighted by Gasteiger charge is -2.27. The Bertz CT molecular complexity index is 226. The quantitative estimate of drug-likeness (QED) is 0.243. The van der Waals surface area contributed by atoms with Crippen molar-refractivity contribution in [1.29, 1.82) is 0 Å². The number of aliphatic imine (C=N–C) groups is 1. The van der Waals surface area contributed by atoms with E-state index in [1.807, 2.05) is 6.92 Å². The molecule has 0 fully saturated rings. The number of nitrogens with one attached hydrogen (secondary N) is 2. The maximum atomic E-state index is 9.50. The van der Waals surface area contributed by atoms with Gasteiger partial charge in [-0.2, -0.15) is 0 Å². The smallest absolute Gasteiger partial charge is 0.191 e. The van der Waals surface area contributed by atoms with E-state index in [1.54, 1.807) is 7.11 Å². The molecule has 6 heteroatoms. The molecular formula is C13H30IN3O2. The summed E-state index contributed by atoms with van der Waals surface area (Å²) in [6, 6.07) is 0. The summed E-state index contributed by atoms with van der Waals surface area (Å²) < 4.78 is 4.99. The van der Waals surface area contributed by atoms with E-state index in [2.05, 4.69) is 29.5 Å². The van der Waals surface area contributed by atoms with Crippen molar-refractivity contribution in [3.05, 3.63) is 0 Å². The normalized spacial score (nSPS) is 11.9. The van der Waals surface area contributed by atoms with Crippen molar-refractivity contribution in [2.45, 2.75) is 33.6 Å². The Morgan fingerprint density at radius 3 is 2.26 bits per heavy atom. The molecule has 0 unspecified atom stereocenters. The third kappa shape index (κ3) is 8.65. The molecule has 0 aliphatic heterocycles. The van der Waals surface area contributed by atoms with E-state index in [4.69, 9.17) is 4.74 Å². The zero-order chi connectivity index (χ0) is 13.9. The van der Waals surface area contributed by atoms with Gasteiger partial charge in [0, 0.05) is 25.6 Å². The van der Waals surface area contributed by atoms with Gasteiger partial charge in [0.1, 0.15) is 0 Å². The molecule has 0 spiro atoms. The Hall–Kier alpha value is -0.0800. The molecule has 0 aromatic rings. The Labute approximate surface area is 134 Å². The van der Waals surface area contributed by atoms with Crippen LogP contribution in [0.5, 0.6) is 0 Å². The van der Waals surface area contributed by atoms with E-state index in [-0.39, 0.29) is 36.0 Å². The number of guanidine groups is 1. The van der Waals surface area contributed by atoms with Crippen LogP contribution < -0.4 is 10.6 Å². The van der Waals surface area contributed by atoms with E-state index in [1.165, 1.54) is 0 Å². The number of nitrogens with zero attached hydrogens (tertiary/aromatic N) is 1. The predicted molar refractivity (Wildman–Crippen MR) is 91.4 cm³/mol. The van der Waals surface area contributed by atoms with Crippen LogP contribution in [0.1, 0.15) is 33.6 Å². The number of ether oxygens (including phenoxy) is 1. The maximum absolute atomic E-state index is 9.50. The van der Waals surface area contributed by atoms with Crippen LogP contribution in [-0.2, 0) is 4.74 Å². The van der Waals surface area contributed by atoms with Crippen molar-refractivity contribution in [3.63, 3.8) is 0 Å². The first kappa shape index (κ1) is 21.2. The van der Waals surface area contributed by atoms with Crippen molar-refractivity contribution in [1.82, 2.24) is 10.6 Å². The molecule has 5 nitrogen and oxygen atoms in total. The van der Waals surface area contributed by atoms with E-state index in [0.29, 0.717) is 13.2 Å². The van der Waals surface area contributed by atoms with Gasteiger partial charge in [0.2, 0.25) is 0 Å². The number of hydrogen-bond donors (Lipinski definition) is 3. The fourth-order valence-corrected chi connectivity index (χ4v) is 1.61. The van der Waals surface area contributed by atoms with Crippen LogP contribution in [0.2, 0.25) is 0 Å². The zero-order valence-corrected chi connectivity index (χ0v) is 15.0. The van der Waals surface area contributed by atoms with Crippen molar-refractivity contribution in [2.75, 3.05) is 40.0 Å². The summed E-state index contributed by atoms with van der Waals surface area (Å²) in [4.78, 5) is 4.55. The van der Waals surface area contributed by atoms with Gasteiger partial charge in [0.25, 0.3) is 0 Å². The highest BCUT2D eigenvalue weighted by Gasteiger charge is 2.24. The molecule has 0 aliphatic carbocycles. The highest BCUT2D eigenvalue weighted by molar-refractivity contribution is 14.0. The van der Waals surface area contributed by atoms with Gasteiger partial charge in [-0.25, -0.2) is 0 Å². The van der Waals surface area contributed by atoms with Gasteiger partial charge in [-0.15, -0.1) is 24.0 Å². The number of halogens is 1. The minimum atomic E-state index is -0.0936. The van der Waals surface area contributed by atoms with Gasteiger partial charge in [-0.3, -0.25) is 4.99 Å². The fraction of sp³-hybridized carbons (Fsp3) is 0.923. The lowest BCUT2D eigenvalue weighted by atomic mass is 9.83. The van der Waals surface area contributed by atoms with Gasteiger partial charge in [-0.1, -0.05) is 13.8 Å². The number of methoxy groups -OCH3 is 1. The SMILES string of the molecule is CCNC(=NCC(CC)(CC)CO)NCCOC.I. The van der Waals surface area contributed by atoms with Crippen LogP contribution in [0.3, 0.4) is 0 Å². The van der Waals surface area contributed by atoms with Crippen LogP contribution in [0.15, 0.2) is 4.99 Å². The Kier molecular flexibility index (Phi) is 14.4. The van der Waals surface area contributed by atoms with Gasteiger partial charge in [-0.05, 0) is 19.8 Å². The molecule has 0 atom stereocenters. The van der Waals surface area contributed by atoms with E-state index >= 15 is 0 Å². The standard InChI is InChI=1S/C13H29N3O2.HI/c1-5-13(6-2,11-17)10-16-12(14-7-3)15-8-9-18-4;/h17H,5-11H2,1-4H3,(H2,14,15,16);1H. The number of hydrogen-bond acceptors (Lipinski definition) is 3. The molecule has 0 aromatic heterocycles. The molecule has 19 heavy (non-hydrogen) atoms. The third-order valence-corrected chi connectivity index (χ3v) is 3.35. The average Bonchev–Trinajstić information content (AvgIpc) is 2.41. The van der Waals surface area contributed by atoms with Crippen molar-refractivity contribution < 1.29 is 9.84 Å². The van der Waals surface area contributed by atoms with E-state index < -0.39 is 0 Å². The van der Waals surface area contributed by atoms with Gasteiger partial charge in [0.05, 0.1) is 19.8 Å². The highest BCUT2D eigenvalue weighted by atomic mass is 127. The van der Waals surface area contributed by atoms with E-state index in [0.717, 1.165) is 31.9 Å². The van der Waals surface area contributed by atoms with Gasteiger partial charge >= 0.3 is 0 Å². The number of rotatable bonds is 9. The topological polar surface area (TPSA) is 65.9 Å². The molecule has 0 saturated heterocycles. The summed E-state index contributed by atoms with van der Waals surface area (Å²) in [5.74, 6) is 0.786. The summed E-state index contributed by atoms with van der Waals surface area (Å²) in [5, 5.41) is 15.9. The average molecular weight is 387 g/mol. The second-order valence-corrected chi connectivity index (χ2v) is 4.48. The van der Waals surface area contributed by atoms with Crippen molar-refractivity contribution >= 4 is 29.9 Å². The molecule has 0 radical (unpaired) electrons. The monoisotopic (exact) mass is 387 g/mol. The second-order valence-electron chi connectivity index (χ2n) is 4.48. The van der Waals surface area contributed by atoms with Crippen LogP contribution in [0, 0.1) is 5.41 Å². The second kappa shape index (κ2) is 12.9. The molecular weight excluding hydrogens is 357 g/mol. The largest absolute Gasteiger partial charge is 0.396 e. The minimum absolute atomic E-state index is 0. The van der Waals surface area contributed by atoms with Crippen LogP contribution >= 0.6 is 24.0 Å². The molecule has 0 amide bonds. The van der Waals surface area contributed by atoms with Gasteiger partial charge < -0.3 is 20.5 Å². The van der Waals surface area contributed by atoms with Crippen LogP contribution in [0.4, 0.5) is 0 Å². The lowest BCUT2D eigenvalue weighted by molar-refractivity contribution is 0.123. The third-order valence-electron chi connectivity index (χ3n) is 3.35. The molecule has 3 N–H and O–H groups in total. The summed E-state index contributed by atoms with van der Waals surface area (Å²) >= 11 is 0. The Morgan fingerprint density at radius 2 is 1.84 bits per heavy atom. The zero-order valence-electron chi connectivity index (χ0n) is 12.7. The predicted octanol–water partition coefficient (Wildman–Crippen LogP) is 1.60. The van der Waals surface area contributed by atoms with Crippen molar-refractivity contribution in [3.8, 4) is 0 Å². The molecule has 0 aliphatic rings. The molecule has 0 aromatic carbocycles. The van der Waals surface area contributed by atoms with Crippen LogP contribution in [0.25, 0.3) is 0 Å². The maximum Gasteiger partial charge on any atom is 0.191 e. The molecule has 0 saturated carbocycles. The fourth-order valence-electron chi connectivity index (χ4n) is 1.61. The van der Waals surface area contributed by atoms with Crippen molar-refractivity contribution in [2.24, 2.45) is 10.4 Å². The Balaban J connectivity index is 0. The molecule has 116 valence electrons. The first-order valence-corrected chi connectivity index (χ1v) is 6.80. The Morgan fingerprint density at radius 1 is 1.21 bits per heavy atom. The molecule has 0 heterocycles. The summed E-state index contributed by atoms with van der Waals surface area (Å²) in [7, 11) is 1.68. The molecule has 0 rings (SSSR count). The highest BCUT2D eigenvalue weighted by Crippen LogP contribution is 2.25. The first-order valence-electron chi connectivity index (χ1n) is 6.80. The number of aliphatic hydroxyl groups excluding tert-OH is 1. The number of aliphatic hydroxyl groups is 1. The van der Waals surface area contributed by atoms with E-state index in [9.17, 15) is 5.11 Å². The lowest BCUT2D eigenvalue weighted by Crippen LogP contribution is -2.40. The molecule has 0 bridgehead atoms. The first-order chi connectivity index (χ1) is 8.67. The van der Waals surface area contributed by atoms with Gasteiger partial charge in [0.15, 0.2) is 5.96 Å². The minimum Gasteiger partial charge on any atom is -0.396 e. The summed E-state index contributed by atoms with van der Waals surface area (Å²) in [6.45, 7) is 9.25. The summed E-state index contributed by atoms with van der Waals surface area (Å²) in [5.41, 5.74) is -0.0936.